The summed E-state index contributed by atoms with van der Waals surface area (Å²) in [5, 5.41) is 10.8. The van der Waals surface area contributed by atoms with Crippen LogP contribution in [-0.2, 0) is 0 Å². The Balaban J connectivity index is 1.81. The molecule has 3 aromatic rings. The first-order valence-electron chi connectivity index (χ1n) is 8.09. The van der Waals surface area contributed by atoms with Crippen LogP contribution in [0.1, 0.15) is 32.2 Å². The van der Waals surface area contributed by atoms with Gasteiger partial charge in [0, 0.05) is 23.3 Å². The lowest BCUT2D eigenvalue weighted by Crippen LogP contribution is -2.13. The molecule has 0 amide bonds. The summed E-state index contributed by atoms with van der Waals surface area (Å²) in [5.74, 6) is -1.48. The molecule has 1 aliphatic carbocycles. The molecule has 0 spiro atoms. The van der Waals surface area contributed by atoms with Gasteiger partial charge < -0.3 is 0 Å². The van der Waals surface area contributed by atoms with Crippen LogP contribution in [0.3, 0.4) is 0 Å². The van der Waals surface area contributed by atoms with E-state index in [1.165, 1.54) is 24.3 Å². The zero-order chi connectivity index (χ0) is 18.3. The number of rotatable bonds is 3. The number of nitro benzene ring substituents is 1. The topological polar surface area (TPSA) is 77.3 Å². The van der Waals surface area contributed by atoms with Crippen molar-refractivity contribution in [3.63, 3.8) is 0 Å². The number of Topliss-reactive ketones (excluding diaryl/α,β-unsaturated/α-hetero) is 2. The third-order valence-electron chi connectivity index (χ3n) is 4.62. The first-order valence-corrected chi connectivity index (χ1v) is 8.09. The molecule has 4 rings (SSSR count). The maximum atomic E-state index is 13.1. The first-order chi connectivity index (χ1) is 12.6. The lowest BCUT2D eigenvalue weighted by Gasteiger charge is -2.08. The van der Waals surface area contributed by atoms with Crippen LogP contribution in [0.4, 0.5) is 5.69 Å². The molecule has 26 heavy (non-hydrogen) atoms. The number of hydrogen-bond donors (Lipinski definition) is 0. The predicted octanol–water partition coefficient (Wildman–Crippen LogP) is 4.42. The van der Waals surface area contributed by atoms with E-state index in [1.54, 1.807) is 12.1 Å². The van der Waals surface area contributed by atoms with Crippen LogP contribution in [0.25, 0.3) is 11.1 Å². The molecule has 5 heteroatoms. The molecular weight excluding hydrogens is 330 g/mol. The number of carbonyl (C=O) groups is 2. The molecule has 0 heterocycles. The lowest BCUT2D eigenvalue weighted by atomic mass is 9.92. The summed E-state index contributed by atoms with van der Waals surface area (Å²) in [6.45, 7) is 0. The molecule has 126 valence electrons. The van der Waals surface area contributed by atoms with E-state index in [0.29, 0.717) is 16.7 Å². The molecule has 0 fully saturated rings. The average Bonchev–Trinajstić information content (AvgIpc) is 2.93. The highest BCUT2D eigenvalue weighted by Gasteiger charge is 2.41. The van der Waals surface area contributed by atoms with Crippen LogP contribution in [0.5, 0.6) is 0 Å². The second-order valence-electron chi connectivity index (χ2n) is 6.10. The molecule has 0 N–H and O–H groups in total. The molecule has 0 saturated heterocycles. The van der Waals surface area contributed by atoms with Crippen molar-refractivity contribution in [1.29, 1.82) is 0 Å². The smallest absolute Gasteiger partial charge is 0.269 e. The number of nitrogens with zero attached hydrogens (tertiary/aromatic N) is 1. The third kappa shape index (κ3) is 2.41. The highest BCUT2D eigenvalue weighted by atomic mass is 16.6. The minimum Gasteiger partial charge on any atom is -0.293 e. The maximum absolute atomic E-state index is 13.1. The monoisotopic (exact) mass is 343 g/mol. The minimum atomic E-state index is -0.948. The first kappa shape index (κ1) is 15.9. The number of carbonyl (C=O) groups excluding carboxylic acids is 2. The highest BCUT2D eigenvalue weighted by Crippen LogP contribution is 2.39. The average molecular weight is 343 g/mol. The van der Waals surface area contributed by atoms with Crippen molar-refractivity contribution in [2.45, 2.75) is 5.92 Å². The van der Waals surface area contributed by atoms with Crippen molar-refractivity contribution < 1.29 is 14.5 Å². The zero-order valence-corrected chi connectivity index (χ0v) is 13.6. The van der Waals surface area contributed by atoms with Crippen LogP contribution >= 0.6 is 0 Å². The third-order valence-corrected chi connectivity index (χ3v) is 4.62. The van der Waals surface area contributed by atoms with Crippen molar-refractivity contribution >= 4 is 17.3 Å². The molecule has 0 saturated carbocycles. The highest BCUT2D eigenvalue weighted by molar-refractivity contribution is 6.31. The number of hydrogen-bond acceptors (Lipinski definition) is 4. The Hall–Kier alpha value is -3.60. The minimum absolute atomic E-state index is 0.0749. The molecule has 0 radical (unpaired) electrons. The van der Waals surface area contributed by atoms with Gasteiger partial charge in [0.05, 0.1) is 4.92 Å². The number of benzene rings is 3. The predicted molar refractivity (Wildman–Crippen MR) is 96.4 cm³/mol. The van der Waals surface area contributed by atoms with Crippen molar-refractivity contribution in [2.24, 2.45) is 0 Å². The Morgan fingerprint density at radius 1 is 0.731 bits per heavy atom. The van der Waals surface area contributed by atoms with Gasteiger partial charge in [0.15, 0.2) is 11.6 Å². The van der Waals surface area contributed by atoms with E-state index in [2.05, 4.69) is 0 Å². The second kappa shape index (κ2) is 6.04. The zero-order valence-electron chi connectivity index (χ0n) is 13.6. The Morgan fingerprint density at radius 2 is 1.38 bits per heavy atom. The summed E-state index contributed by atoms with van der Waals surface area (Å²) in [7, 11) is 0. The van der Waals surface area contributed by atoms with Crippen LogP contribution in [0.2, 0.25) is 0 Å². The Kier molecular flexibility index (Phi) is 3.69. The van der Waals surface area contributed by atoms with E-state index >= 15 is 0 Å². The Morgan fingerprint density at radius 3 is 2.04 bits per heavy atom. The van der Waals surface area contributed by atoms with Gasteiger partial charge >= 0.3 is 0 Å². The largest absolute Gasteiger partial charge is 0.293 e. The van der Waals surface area contributed by atoms with E-state index in [1.807, 2.05) is 36.4 Å². The summed E-state index contributed by atoms with van der Waals surface area (Å²) in [6.07, 6.45) is 0. The van der Waals surface area contributed by atoms with Crippen LogP contribution in [0.15, 0.2) is 72.8 Å². The number of non-ortho nitro benzene ring substituents is 1. The Labute approximate surface area is 149 Å². The summed E-state index contributed by atoms with van der Waals surface area (Å²) >= 11 is 0. The van der Waals surface area contributed by atoms with Crippen LogP contribution in [-0.4, -0.2) is 16.5 Å². The maximum Gasteiger partial charge on any atom is 0.269 e. The summed E-state index contributed by atoms with van der Waals surface area (Å²) < 4.78 is 0. The van der Waals surface area contributed by atoms with E-state index in [0.717, 1.165) is 11.1 Å². The van der Waals surface area contributed by atoms with E-state index in [4.69, 9.17) is 0 Å². The molecule has 1 unspecified atom stereocenters. The molecular formula is C21H13NO4. The molecule has 1 aliphatic rings. The normalized spacial score (nSPS) is 15.8. The number of ketones is 2. The van der Waals surface area contributed by atoms with Crippen molar-refractivity contribution in [1.82, 2.24) is 0 Å². The molecule has 0 aliphatic heterocycles. The van der Waals surface area contributed by atoms with Crippen LogP contribution in [0, 0.1) is 10.1 Å². The van der Waals surface area contributed by atoms with Gasteiger partial charge in [0.25, 0.3) is 5.69 Å². The molecule has 3 aromatic carbocycles. The summed E-state index contributed by atoms with van der Waals surface area (Å²) in [4.78, 5) is 36.2. The molecule has 0 aromatic heterocycles. The van der Waals surface area contributed by atoms with Gasteiger partial charge in [0.1, 0.15) is 5.92 Å². The molecule has 1 atom stereocenters. The fourth-order valence-electron chi connectivity index (χ4n) is 3.39. The van der Waals surface area contributed by atoms with Crippen LogP contribution < -0.4 is 0 Å². The van der Waals surface area contributed by atoms with E-state index in [-0.39, 0.29) is 17.3 Å². The number of fused-ring (bicyclic) bond motifs is 1. The van der Waals surface area contributed by atoms with Crippen molar-refractivity contribution in [2.75, 3.05) is 0 Å². The quantitative estimate of drug-likeness (QED) is 0.400. The van der Waals surface area contributed by atoms with Crippen molar-refractivity contribution in [3.05, 3.63) is 99.6 Å². The fraction of sp³-hybridized carbons (Fsp3) is 0.0476. The van der Waals surface area contributed by atoms with Gasteiger partial charge in [-0.3, -0.25) is 19.7 Å². The molecule has 5 nitrogen and oxygen atoms in total. The van der Waals surface area contributed by atoms with Gasteiger partial charge in [-0.15, -0.1) is 0 Å². The van der Waals surface area contributed by atoms with Gasteiger partial charge in [-0.1, -0.05) is 60.7 Å². The second-order valence-corrected chi connectivity index (χ2v) is 6.10. The van der Waals surface area contributed by atoms with E-state index in [9.17, 15) is 19.7 Å². The van der Waals surface area contributed by atoms with E-state index < -0.39 is 10.8 Å². The SMILES string of the molecule is O=C1c2cccc(-c3ccccc3)c2C(=O)C1c1ccc([N+](=O)[O-])cc1. The van der Waals surface area contributed by atoms with Crippen molar-refractivity contribution in [3.8, 4) is 11.1 Å². The standard InChI is InChI=1S/C21H13NO4/c23-20-17-8-4-7-16(13-5-2-1-3-6-13)19(17)21(24)18(20)14-9-11-15(12-10-14)22(25)26/h1-12,18H. The Bertz CT molecular complexity index is 1040. The van der Waals surface area contributed by atoms with Gasteiger partial charge in [0.2, 0.25) is 0 Å². The summed E-state index contributed by atoms with van der Waals surface area (Å²) in [5.41, 5.74) is 2.82. The summed E-state index contributed by atoms with van der Waals surface area (Å²) in [6, 6.07) is 20.3. The van der Waals surface area contributed by atoms with Gasteiger partial charge in [-0.2, -0.15) is 0 Å². The van der Waals surface area contributed by atoms with Gasteiger partial charge in [-0.05, 0) is 16.7 Å². The number of nitro groups is 1. The fourth-order valence-corrected chi connectivity index (χ4v) is 3.39. The van der Waals surface area contributed by atoms with Gasteiger partial charge in [-0.25, -0.2) is 0 Å². The lowest BCUT2D eigenvalue weighted by molar-refractivity contribution is -0.384. The molecule has 0 bridgehead atoms.